The van der Waals surface area contributed by atoms with Crippen molar-refractivity contribution >= 4 is 32.6 Å². The molecule has 1 saturated heterocycles. The number of amides is 1. The van der Waals surface area contributed by atoms with E-state index < -0.39 is 0 Å². The molecule has 0 atom stereocenters. The van der Waals surface area contributed by atoms with E-state index in [1.807, 2.05) is 25.1 Å². The van der Waals surface area contributed by atoms with Crippen molar-refractivity contribution in [3.8, 4) is 5.75 Å². The highest BCUT2D eigenvalue weighted by molar-refractivity contribution is 7.22. The molecular weight excluding hydrogens is 352 g/mol. The molecule has 2 aromatic heterocycles. The summed E-state index contributed by atoms with van der Waals surface area (Å²) < 4.78 is 8.26. The van der Waals surface area contributed by atoms with Crippen LogP contribution in [0.2, 0.25) is 0 Å². The van der Waals surface area contributed by atoms with E-state index in [9.17, 15) is 4.79 Å². The number of carbonyl (C=O) groups excluding carboxylic acids is 1. The van der Waals surface area contributed by atoms with Crippen molar-refractivity contribution in [3.05, 3.63) is 30.1 Å². The molecule has 26 heavy (non-hydrogen) atoms. The minimum Gasteiger partial charge on any atom is -0.494 e. The van der Waals surface area contributed by atoms with E-state index in [2.05, 4.69) is 25.9 Å². The zero-order valence-corrected chi connectivity index (χ0v) is 15.3. The summed E-state index contributed by atoms with van der Waals surface area (Å²) in [4.78, 5) is 16.9. The minimum absolute atomic E-state index is 0.296. The van der Waals surface area contributed by atoms with Crippen LogP contribution in [0.5, 0.6) is 5.75 Å². The van der Waals surface area contributed by atoms with Gasteiger partial charge >= 0.3 is 0 Å². The molecule has 1 amide bonds. The number of rotatable bonds is 5. The normalized spacial score (nSPS) is 15.3. The molecule has 8 nitrogen and oxygen atoms in total. The molecular formula is C17H20N6O2S. The quantitative estimate of drug-likeness (QED) is 0.715. The second-order valence-corrected chi connectivity index (χ2v) is 7.13. The Morgan fingerprint density at radius 3 is 3.08 bits per heavy atom. The maximum atomic E-state index is 12.5. The fourth-order valence-electron chi connectivity index (χ4n) is 3.01. The third-order valence-corrected chi connectivity index (χ3v) is 5.25. The fourth-order valence-corrected chi connectivity index (χ4v) is 3.90. The third-order valence-electron chi connectivity index (χ3n) is 4.32. The van der Waals surface area contributed by atoms with Crippen LogP contribution in [0.3, 0.4) is 0 Å². The Labute approximate surface area is 154 Å². The van der Waals surface area contributed by atoms with Crippen LogP contribution < -0.4 is 15.4 Å². The average molecular weight is 372 g/mol. The summed E-state index contributed by atoms with van der Waals surface area (Å²) in [5.74, 6) is 0.501. The largest absolute Gasteiger partial charge is 0.494 e. The summed E-state index contributed by atoms with van der Waals surface area (Å²) in [5, 5.41) is 14.8. The van der Waals surface area contributed by atoms with E-state index in [1.54, 1.807) is 10.9 Å². The van der Waals surface area contributed by atoms with Crippen molar-refractivity contribution in [2.24, 2.45) is 0 Å². The number of aromatic nitrogens is 4. The number of fused-ring (bicyclic) bond motifs is 1. The van der Waals surface area contributed by atoms with Crippen molar-refractivity contribution in [1.29, 1.82) is 0 Å². The SMILES string of the molecule is CCOc1ccc2nc(NC(=O)c3cn(C4CCNCC4)nn3)sc2c1. The van der Waals surface area contributed by atoms with Crippen LogP contribution in [0.25, 0.3) is 10.2 Å². The van der Waals surface area contributed by atoms with E-state index in [-0.39, 0.29) is 5.91 Å². The van der Waals surface area contributed by atoms with Gasteiger partial charge in [0.25, 0.3) is 5.91 Å². The zero-order valence-electron chi connectivity index (χ0n) is 14.4. The Hall–Kier alpha value is -2.52. The number of carbonyl (C=O) groups is 1. The molecule has 1 fully saturated rings. The molecule has 0 aliphatic carbocycles. The van der Waals surface area contributed by atoms with Gasteiger partial charge in [-0.1, -0.05) is 16.6 Å². The highest BCUT2D eigenvalue weighted by Crippen LogP contribution is 2.29. The van der Waals surface area contributed by atoms with Gasteiger partial charge in [0.2, 0.25) is 0 Å². The lowest BCUT2D eigenvalue weighted by molar-refractivity contribution is 0.102. The van der Waals surface area contributed by atoms with Crippen LogP contribution >= 0.6 is 11.3 Å². The topological polar surface area (TPSA) is 94.0 Å². The van der Waals surface area contributed by atoms with Gasteiger partial charge in [-0.15, -0.1) is 5.10 Å². The summed E-state index contributed by atoms with van der Waals surface area (Å²) in [6, 6.07) is 5.99. The van der Waals surface area contributed by atoms with E-state index in [1.165, 1.54) is 11.3 Å². The first-order valence-corrected chi connectivity index (χ1v) is 9.52. The predicted molar refractivity (Wildman–Crippen MR) is 99.9 cm³/mol. The Kier molecular flexibility index (Phi) is 4.81. The molecule has 9 heteroatoms. The van der Waals surface area contributed by atoms with Gasteiger partial charge in [0.15, 0.2) is 10.8 Å². The van der Waals surface area contributed by atoms with E-state index >= 15 is 0 Å². The molecule has 136 valence electrons. The molecule has 1 aliphatic heterocycles. The summed E-state index contributed by atoms with van der Waals surface area (Å²) in [6.45, 7) is 4.48. The standard InChI is InChI=1S/C17H20N6O2S/c1-2-25-12-3-4-13-15(9-12)26-17(19-13)20-16(24)14-10-23(22-21-14)11-5-7-18-8-6-11/h3-4,9-11,18H,2,5-8H2,1H3,(H,19,20,24). The lowest BCUT2D eigenvalue weighted by Crippen LogP contribution is -2.29. The smallest absolute Gasteiger partial charge is 0.279 e. The molecule has 0 spiro atoms. The van der Waals surface area contributed by atoms with Gasteiger partial charge in [0.1, 0.15) is 5.75 Å². The van der Waals surface area contributed by atoms with Crippen LogP contribution in [0.15, 0.2) is 24.4 Å². The lowest BCUT2D eigenvalue weighted by Gasteiger charge is -2.21. The van der Waals surface area contributed by atoms with E-state index in [4.69, 9.17) is 4.74 Å². The minimum atomic E-state index is -0.297. The van der Waals surface area contributed by atoms with Crippen LogP contribution in [0.1, 0.15) is 36.3 Å². The van der Waals surface area contributed by atoms with Crippen LogP contribution in [0.4, 0.5) is 5.13 Å². The van der Waals surface area contributed by atoms with Crippen LogP contribution in [-0.4, -0.2) is 45.6 Å². The molecule has 3 aromatic rings. The van der Waals surface area contributed by atoms with Crippen LogP contribution in [0, 0.1) is 0 Å². The Bertz CT molecular complexity index is 915. The summed E-state index contributed by atoms with van der Waals surface area (Å²) in [7, 11) is 0. The van der Waals surface area contributed by atoms with Crippen molar-refractivity contribution in [3.63, 3.8) is 0 Å². The number of hydrogen-bond donors (Lipinski definition) is 2. The maximum Gasteiger partial charge on any atom is 0.279 e. The van der Waals surface area contributed by atoms with Crippen molar-refractivity contribution in [2.45, 2.75) is 25.8 Å². The fraction of sp³-hybridized carbons (Fsp3) is 0.412. The first-order valence-electron chi connectivity index (χ1n) is 8.70. The number of ether oxygens (including phenoxy) is 1. The molecule has 1 aliphatic rings. The molecule has 3 heterocycles. The number of anilines is 1. The van der Waals surface area contributed by atoms with E-state index in [0.717, 1.165) is 41.9 Å². The Morgan fingerprint density at radius 1 is 1.42 bits per heavy atom. The Morgan fingerprint density at radius 2 is 2.27 bits per heavy atom. The summed E-state index contributed by atoms with van der Waals surface area (Å²) in [5.41, 5.74) is 1.13. The predicted octanol–water partition coefficient (Wildman–Crippen LogP) is 2.46. The molecule has 0 saturated carbocycles. The van der Waals surface area contributed by atoms with Gasteiger partial charge in [-0.25, -0.2) is 9.67 Å². The van der Waals surface area contributed by atoms with Crippen molar-refractivity contribution in [1.82, 2.24) is 25.3 Å². The van der Waals surface area contributed by atoms with Gasteiger partial charge in [-0.05, 0) is 51.1 Å². The monoisotopic (exact) mass is 372 g/mol. The molecule has 1 aromatic carbocycles. The highest BCUT2D eigenvalue weighted by Gasteiger charge is 2.19. The lowest BCUT2D eigenvalue weighted by atomic mass is 10.1. The van der Waals surface area contributed by atoms with Gasteiger partial charge in [-0.3, -0.25) is 10.1 Å². The van der Waals surface area contributed by atoms with Gasteiger partial charge in [-0.2, -0.15) is 0 Å². The van der Waals surface area contributed by atoms with Gasteiger partial charge in [0.05, 0.1) is 29.1 Å². The highest BCUT2D eigenvalue weighted by atomic mass is 32.1. The zero-order chi connectivity index (χ0) is 17.9. The molecule has 2 N–H and O–H groups in total. The average Bonchev–Trinajstić information content (AvgIpc) is 3.29. The number of thiazole rings is 1. The number of nitrogens with zero attached hydrogens (tertiary/aromatic N) is 4. The molecule has 0 unspecified atom stereocenters. The summed E-state index contributed by atoms with van der Waals surface area (Å²) in [6.07, 6.45) is 3.70. The second-order valence-electron chi connectivity index (χ2n) is 6.10. The Balaban J connectivity index is 1.47. The number of piperidine rings is 1. The first kappa shape index (κ1) is 16.9. The molecule has 4 rings (SSSR count). The molecule has 0 bridgehead atoms. The number of benzene rings is 1. The van der Waals surface area contributed by atoms with Crippen molar-refractivity contribution < 1.29 is 9.53 Å². The first-order chi connectivity index (χ1) is 12.7. The number of hydrogen-bond acceptors (Lipinski definition) is 7. The van der Waals surface area contributed by atoms with Gasteiger partial charge in [0, 0.05) is 0 Å². The van der Waals surface area contributed by atoms with Crippen molar-refractivity contribution in [2.75, 3.05) is 25.0 Å². The third kappa shape index (κ3) is 3.54. The van der Waals surface area contributed by atoms with Crippen LogP contribution in [-0.2, 0) is 0 Å². The molecule has 0 radical (unpaired) electrons. The number of nitrogens with one attached hydrogen (secondary N) is 2. The maximum absolute atomic E-state index is 12.5. The second kappa shape index (κ2) is 7.38. The summed E-state index contributed by atoms with van der Waals surface area (Å²) >= 11 is 1.41. The van der Waals surface area contributed by atoms with E-state index in [0.29, 0.717) is 23.5 Å². The van der Waals surface area contributed by atoms with Gasteiger partial charge < -0.3 is 10.1 Å².